The van der Waals surface area contributed by atoms with Crippen molar-refractivity contribution >= 4 is 20.6 Å². The number of rotatable bonds is 4. The van der Waals surface area contributed by atoms with E-state index in [2.05, 4.69) is 15.1 Å². The zero-order chi connectivity index (χ0) is 19.4. The first kappa shape index (κ1) is 17.9. The second-order valence-electron chi connectivity index (χ2n) is 6.53. The number of hydrogen-bond donors (Lipinski definition) is 1. The molecule has 1 saturated carbocycles. The smallest absolute Gasteiger partial charge is 0.251 e. The van der Waals surface area contributed by atoms with Crippen molar-refractivity contribution < 1.29 is 17.4 Å². The lowest BCUT2D eigenvalue weighted by Crippen LogP contribution is -2.11. The van der Waals surface area contributed by atoms with E-state index in [4.69, 9.17) is 4.78 Å². The van der Waals surface area contributed by atoms with Gasteiger partial charge in [0.05, 0.1) is 20.1 Å². The summed E-state index contributed by atoms with van der Waals surface area (Å²) in [4.78, 5) is 8.03. The van der Waals surface area contributed by atoms with Crippen LogP contribution in [0, 0.1) is 4.78 Å². The van der Waals surface area contributed by atoms with Gasteiger partial charge in [-0.05, 0) is 36.5 Å². The van der Waals surface area contributed by atoms with Crippen LogP contribution in [0.25, 0.3) is 16.7 Å². The van der Waals surface area contributed by atoms with E-state index in [1.54, 1.807) is 19.2 Å². The Labute approximate surface area is 153 Å². The zero-order valence-electron chi connectivity index (χ0n) is 14.3. The average molecular weight is 395 g/mol. The topological polar surface area (TPSA) is 84.5 Å². The monoisotopic (exact) mass is 395 g/mol. The lowest BCUT2D eigenvalue weighted by Gasteiger charge is -2.12. The summed E-state index contributed by atoms with van der Waals surface area (Å²) in [7, 11) is -3.09. The van der Waals surface area contributed by atoms with Crippen LogP contribution in [-0.2, 0) is 15.9 Å². The maximum Gasteiger partial charge on any atom is 0.433 e. The summed E-state index contributed by atoms with van der Waals surface area (Å²) in [6.07, 6.45) is 1.74. The number of nitrogens with one attached hydrogen (secondary N) is 1. The molecule has 142 valence electrons. The third-order valence-electron chi connectivity index (χ3n) is 4.56. The van der Waals surface area contributed by atoms with Gasteiger partial charge in [-0.25, -0.2) is 18.7 Å². The minimum absolute atomic E-state index is 0.101. The van der Waals surface area contributed by atoms with Gasteiger partial charge in [0.25, 0.3) is 0 Å². The first-order valence-corrected chi connectivity index (χ1v) is 10.1. The molecule has 0 spiro atoms. The fraction of sp³-hybridized carbons (Fsp3) is 0.353. The Bertz CT molecular complexity index is 1130. The van der Waals surface area contributed by atoms with Crippen molar-refractivity contribution in [3.05, 3.63) is 42.0 Å². The van der Waals surface area contributed by atoms with E-state index < -0.39 is 21.6 Å². The fourth-order valence-electron chi connectivity index (χ4n) is 2.84. The van der Waals surface area contributed by atoms with Gasteiger partial charge < -0.3 is 0 Å². The first-order valence-electron chi connectivity index (χ1n) is 8.38. The van der Waals surface area contributed by atoms with Gasteiger partial charge in [0, 0.05) is 29.7 Å². The van der Waals surface area contributed by atoms with Crippen LogP contribution < -0.4 is 0 Å². The summed E-state index contributed by atoms with van der Waals surface area (Å²) in [5.41, 5.74) is -0.000377. The largest absolute Gasteiger partial charge is 0.433 e. The van der Waals surface area contributed by atoms with Crippen molar-refractivity contribution in [1.29, 1.82) is 4.78 Å². The van der Waals surface area contributed by atoms with Gasteiger partial charge in [-0.2, -0.15) is 18.3 Å². The minimum Gasteiger partial charge on any atom is -0.251 e. The molecule has 0 saturated heterocycles. The minimum atomic E-state index is -4.56. The number of hydrogen-bond acceptors (Lipinski definition) is 5. The quantitative estimate of drug-likeness (QED) is 0.720. The van der Waals surface area contributed by atoms with E-state index in [9.17, 15) is 17.4 Å². The summed E-state index contributed by atoms with van der Waals surface area (Å²) < 4.78 is 60.8. The van der Waals surface area contributed by atoms with Gasteiger partial charge in [0.2, 0.25) is 0 Å². The molecular weight excluding hydrogens is 379 g/mol. The summed E-state index contributed by atoms with van der Waals surface area (Å²) >= 11 is 0. The van der Waals surface area contributed by atoms with Crippen molar-refractivity contribution in [3.8, 4) is 5.82 Å². The Kier molecular flexibility index (Phi) is 3.99. The predicted octanol–water partition coefficient (Wildman–Crippen LogP) is 4.14. The normalized spacial score (nSPS) is 17.2. The Morgan fingerprint density at radius 2 is 2.00 bits per heavy atom. The third kappa shape index (κ3) is 3.29. The van der Waals surface area contributed by atoms with Crippen LogP contribution in [-0.4, -0.2) is 29.7 Å². The number of aromatic nitrogens is 4. The third-order valence-corrected chi connectivity index (χ3v) is 6.38. The Balaban J connectivity index is 1.87. The van der Waals surface area contributed by atoms with E-state index in [0.717, 1.165) is 30.7 Å². The van der Waals surface area contributed by atoms with Crippen molar-refractivity contribution in [2.75, 3.05) is 5.75 Å². The molecule has 1 fully saturated rings. The molecule has 0 bridgehead atoms. The van der Waals surface area contributed by atoms with Crippen molar-refractivity contribution in [1.82, 2.24) is 19.7 Å². The maximum absolute atomic E-state index is 12.9. The summed E-state index contributed by atoms with van der Waals surface area (Å²) in [6.45, 7) is 1.65. The molecule has 27 heavy (non-hydrogen) atoms. The van der Waals surface area contributed by atoms with Crippen molar-refractivity contribution in [2.45, 2.75) is 36.8 Å². The van der Waals surface area contributed by atoms with E-state index >= 15 is 0 Å². The summed E-state index contributed by atoms with van der Waals surface area (Å²) in [6, 6.07) is 2.59. The molecule has 0 amide bonds. The van der Waals surface area contributed by atoms with Gasteiger partial charge in [-0.15, -0.1) is 0 Å². The van der Waals surface area contributed by atoms with Crippen LogP contribution in [0.5, 0.6) is 0 Å². The molecule has 10 heteroatoms. The molecule has 1 unspecified atom stereocenters. The molecule has 3 heterocycles. The number of nitrogens with zero attached hydrogens (tertiary/aromatic N) is 4. The van der Waals surface area contributed by atoms with E-state index in [1.807, 2.05) is 0 Å². The van der Waals surface area contributed by atoms with Crippen LogP contribution in [0.3, 0.4) is 0 Å². The second-order valence-corrected chi connectivity index (χ2v) is 8.90. The van der Waals surface area contributed by atoms with Gasteiger partial charge in [-0.3, -0.25) is 4.98 Å². The number of fused-ring (bicyclic) bond motifs is 1. The highest BCUT2D eigenvalue weighted by Gasteiger charge is 2.33. The fourth-order valence-corrected chi connectivity index (χ4v) is 3.92. The molecule has 4 rings (SSSR count). The van der Waals surface area contributed by atoms with Gasteiger partial charge in [-0.1, -0.05) is 6.92 Å². The standard InChI is InChI=1S/C17H16F3N5OS/c1-2-27(21,26)14-5-11(10-3-4-10)7-23-16(14)25-9-12-8-22-15(17(18,19)20)6-13(12)24-25/h5-10,21H,2-4H2,1H3. The second kappa shape index (κ2) is 6.01. The Morgan fingerprint density at radius 1 is 1.26 bits per heavy atom. The summed E-state index contributed by atoms with van der Waals surface area (Å²) in [5.74, 6) is 0.676. The van der Waals surface area contributed by atoms with Crippen LogP contribution in [0.1, 0.15) is 36.9 Å². The van der Waals surface area contributed by atoms with Crippen LogP contribution in [0.4, 0.5) is 13.2 Å². The molecule has 6 nitrogen and oxygen atoms in total. The van der Waals surface area contributed by atoms with Gasteiger partial charge in [0.1, 0.15) is 5.69 Å². The zero-order valence-corrected chi connectivity index (χ0v) is 15.1. The molecule has 0 radical (unpaired) electrons. The molecule has 1 aliphatic rings. The van der Waals surface area contributed by atoms with E-state index in [0.29, 0.717) is 11.3 Å². The van der Waals surface area contributed by atoms with Gasteiger partial charge >= 0.3 is 6.18 Å². The van der Waals surface area contributed by atoms with E-state index in [1.165, 1.54) is 10.9 Å². The molecular formula is C17H16F3N5OS. The van der Waals surface area contributed by atoms with Gasteiger partial charge in [0.15, 0.2) is 5.82 Å². The first-order chi connectivity index (χ1) is 12.7. The predicted molar refractivity (Wildman–Crippen MR) is 93.3 cm³/mol. The Hall–Kier alpha value is -2.49. The molecule has 3 aromatic rings. The molecule has 1 atom stereocenters. The highest BCUT2D eigenvalue weighted by Crippen LogP contribution is 2.41. The molecule has 1 aliphatic carbocycles. The van der Waals surface area contributed by atoms with Crippen molar-refractivity contribution in [2.24, 2.45) is 0 Å². The summed E-state index contributed by atoms with van der Waals surface area (Å²) in [5, 5.41) is 4.56. The molecule has 0 aromatic carbocycles. The number of pyridine rings is 2. The maximum atomic E-state index is 12.9. The number of halogens is 3. The van der Waals surface area contributed by atoms with Crippen LogP contribution >= 0.6 is 0 Å². The van der Waals surface area contributed by atoms with Crippen molar-refractivity contribution in [3.63, 3.8) is 0 Å². The molecule has 3 aromatic heterocycles. The highest BCUT2D eigenvalue weighted by atomic mass is 32.2. The molecule has 1 N–H and O–H groups in total. The molecule has 0 aliphatic heterocycles. The van der Waals surface area contributed by atoms with Crippen LogP contribution in [0.2, 0.25) is 0 Å². The lowest BCUT2D eigenvalue weighted by molar-refractivity contribution is -0.141. The number of alkyl halides is 3. The lowest BCUT2D eigenvalue weighted by atomic mass is 10.2. The highest BCUT2D eigenvalue weighted by molar-refractivity contribution is 7.92. The average Bonchev–Trinajstić information content (AvgIpc) is 3.38. The van der Waals surface area contributed by atoms with Crippen LogP contribution in [0.15, 0.2) is 35.6 Å². The van der Waals surface area contributed by atoms with E-state index in [-0.39, 0.29) is 22.0 Å². The SMILES string of the molecule is CCS(=N)(=O)c1cc(C2CC2)cnc1-n1cc2cnc(C(F)(F)F)cc2n1. The Morgan fingerprint density at radius 3 is 2.63 bits per heavy atom.